The SMILES string of the molecule is C=CCN(CCCC)C(=O)[C@H]1N(CCO)C(=O)[C@@H]2[C@@H](C(=O)O)[C@@H]3O[C@@]21CC3Br. The minimum absolute atomic E-state index is 0.0312. The van der Waals surface area contributed by atoms with Gasteiger partial charge in [0.2, 0.25) is 11.8 Å². The van der Waals surface area contributed by atoms with Crippen LogP contribution in [0.15, 0.2) is 12.7 Å². The van der Waals surface area contributed by atoms with Gasteiger partial charge in [-0.2, -0.15) is 0 Å². The van der Waals surface area contributed by atoms with Crippen LogP contribution in [0.1, 0.15) is 26.2 Å². The number of hydrogen-bond donors (Lipinski definition) is 2. The van der Waals surface area contributed by atoms with Gasteiger partial charge >= 0.3 is 5.97 Å². The molecule has 2 amide bonds. The van der Waals surface area contributed by atoms with Gasteiger partial charge in [-0.05, 0) is 12.8 Å². The lowest BCUT2D eigenvalue weighted by Gasteiger charge is -2.36. The monoisotopic (exact) mass is 458 g/mol. The highest BCUT2D eigenvalue weighted by Crippen LogP contribution is 2.60. The molecule has 8 nitrogen and oxygen atoms in total. The van der Waals surface area contributed by atoms with Gasteiger partial charge in [-0.15, -0.1) is 6.58 Å². The molecule has 28 heavy (non-hydrogen) atoms. The molecule has 0 aromatic heterocycles. The molecule has 0 radical (unpaired) electrons. The Morgan fingerprint density at radius 2 is 2.21 bits per heavy atom. The van der Waals surface area contributed by atoms with Crippen LogP contribution in [0.2, 0.25) is 0 Å². The minimum atomic E-state index is -1.18. The van der Waals surface area contributed by atoms with E-state index in [2.05, 4.69) is 22.5 Å². The fourth-order valence-corrected chi connectivity index (χ4v) is 5.95. The fourth-order valence-electron chi connectivity index (χ4n) is 5.01. The number of carboxylic acid groups (broad SMARTS) is 1. The number of carbonyl (C=O) groups is 3. The van der Waals surface area contributed by atoms with Crippen LogP contribution in [0.4, 0.5) is 0 Å². The zero-order valence-electron chi connectivity index (χ0n) is 15.9. The molecule has 0 aliphatic carbocycles. The first-order chi connectivity index (χ1) is 13.3. The molecule has 3 aliphatic heterocycles. The van der Waals surface area contributed by atoms with Gasteiger partial charge in [0.25, 0.3) is 0 Å². The second-order valence-electron chi connectivity index (χ2n) is 7.68. The normalized spacial score (nSPS) is 35.9. The van der Waals surface area contributed by atoms with Crippen LogP contribution in [0.25, 0.3) is 0 Å². The van der Waals surface area contributed by atoms with Gasteiger partial charge in [0, 0.05) is 24.5 Å². The summed E-state index contributed by atoms with van der Waals surface area (Å²) in [5.74, 6) is -3.71. The van der Waals surface area contributed by atoms with E-state index >= 15 is 0 Å². The molecule has 156 valence electrons. The van der Waals surface area contributed by atoms with Crippen LogP contribution in [-0.2, 0) is 19.1 Å². The number of aliphatic hydroxyl groups is 1. The summed E-state index contributed by atoms with van der Waals surface area (Å²) < 4.78 is 6.14. The number of amides is 2. The minimum Gasteiger partial charge on any atom is -0.481 e. The number of hydrogen-bond acceptors (Lipinski definition) is 5. The summed E-state index contributed by atoms with van der Waals surface area (Å²) >= 11 is 3.49. The van der Waals surface area contributed by atoms with Crippen LogP contribution < -0.4 is 0 Å². The number of ether oxygens (including phenoxy) is 1. The van der Waals surface area contributed by atoms with E-state index in [0.29, 0.717) is 19.5 Å². The fraction of sp³-hybridized carbons (Fsp3) is 0.737. The van der Waals surface area contributed by atoms with Crippen molar-refractivity contribution in [2.45, 2.75) is 48.8 Å². The van der Waals surface area contributed by atoms with Crippen molar-refractivity contribution in [1.82, 2.24) is 9.80 Å². The maximum absolute atomic E-state index is 13.5. The lowest BCUT2D eigenvalue weighted by molar-refractivity contribution is -0.151. The van der Waals surface area contributed by atoms with Crippen LogP contribution in [0.5, 0.6) is 0 Å². The van der Waals surface area contributed by atoms with Crippen molar-refractivity contribution >= 4 is 33.7 Å². The van der Waals surface area contributed by atoms with E-state index < -0.39 is 41.5 Å². The topological polar surface area (TPSA) is 107 Å². The standard InChI is InChI=1S/C19H27BrN2O6/c1-3-5-7-21(6-4-2)17(25)15-19-10-11(20)14(28-19)12(18(26)27)13(19)16(24)22(15)8-9-23/h4,11-15,23H,2-3,5-10H2,1H3,(H,26,27)/t11?,12-,13+,14-,15-,19+/m1/s1. The molecular formula is C19H27BrN2O6. The molecule has 3 fully saturated rings. The largest absolute Gasteiger partial charge is 0.481 e. The Kier molecular flexibility index (Phi) is 6.17. The van der Waals surface area contributed by atoms with Crippen molar-refractivity contribution in [3.05, 3.63) is 12.7 Å². The summed E-state index contributed by atoms with van der Waals surface area (Å²) in [7, 11) is 0. The van der Waals surface area contributed by atoms with Crippen molar-refractivity contribution in [3.63, 3.8) is 0 Å². The Morgan fingerprint density at radius 3 is 2.79 bits per heavy atom. The van der Waals surface area contributed by atoms with Crippen molar-refractivity contribution in [2.24, 2.45) is 11.8 Å². The zero-order valence-corrected chi connectivity index (χ0v) is 17.5. The highest BCUT2D eigenvalue weighted by atomic mass is 79.9. The van der Waals surface area contributed by atoms with E-state index in [9.17, 15) is 24.6 Å². The molecule has 6 atom stereocenters. The molecule has 0 saturated carbocycles. The maximum Gasteiger partial charge on any atom is 0.310 e. The average molecular weight is 459 g/mol. The third-order valence-corrected chi connectivity index (χ3v) is 6.94. The number of β-amino-alcohol motifs (C(OH)–C–C–N with tert-alkyl or cyclic N) is 1. The predicted octanol–water partition coefficient (Wildman–Crippen LogP) is 0.626. The van der Waals surface area contributed by atoms with Gasteiger partial charge in [0.15, 0.2) is 0 Å². The summed E-state index contributed by atoms with van der Waals surface area (Å²) in [5.41, 5.74) is -1.18. The van der Waals surface area contributed by atoms with E-state index in [1.807, 2.05) is 6.92 Å². The van der Waals surface area contributed by atoms with Crippen LogP contribution in [0.3, 0.4) is 0 Å². The molecule has 9 heteroatoms. The average Bonchev–Trinajstić information content (AvgIpc) is 3.23. The molecule has 3 aliphatic rings. The Hall–Kier alpha value is -1.45. The lowest BCUT2D eigenvalue weighted by atomic mass is 9.70. The highest BCUT2D eigenvalue weighted by Gasteiger charge is 2.76. The van der Waals surface area contributed by atoms with Crippen molar-refractivity contribution in [2.75, 3.05) is 26.2 Å². The van der Waals surface area contributed by atoms with E-state index in [-0.39, 0.29) is 23.9 Å². The van der Waals surface area contributed by atoms with E-state index in [1.165, 1.54) is 4.90 Å². The molecule has 0 aromatic carbocycles. The van der Waals surface area contributed by atoms with Crippen molar-refractivity contribution in [3.8, 4) is 0 Å². The Balaban J connectivity index is 2.02. The second kappa shape index (κ2) is 8.12. The van der Waals surface area contributed by atoms with Gasteiger partial charge in [-0.1, -0.05) is 35.4 Å². The Bertz CT molecular complexity index is 673. The molecular weight excluding hydrogens is 432 g/mol. The van der Waals surface area contributed by atoms with Gasteiger partial charge in [0.1, 0.15) is 11.6 Å². The van der Waals surface area contributed by atoms with Gasteiger partial charge in [0.05, 0.1) is 24.5 Å². The summed E-state index contributed by atoms with van der Waals surface area (Å²) in [6.07, 6.45) is 3.07. The number of aliphatic hydroxyl groups excluding tert-OH is 1. The first kappa shape index (κ1) is 21.3. The number of alkyl halides is 1. The number of aliphatic carboxylic acids is 1. The second-order valence-corrected chi connectivity index (χ2v) is 8.86. The first-order valence-corrected chi connectivity index (χ1v) is 10.6. The summed E-state index contributed by atoms with van der Waals surface area (Å²) in [6.45, 7) is 6.25. The molecule has 3 saturated heterocycles. The number of likely N-dealkylation sites (tertiary alicyclic amines) is 1. The molecule has 1 unspecified atom stereocenters. The van der Waals surface area contributed by atoms with Crippen LogP contribution >= 0.6 is 15.9 Å². The van der Waals surface area contributed by atoms with E-state index in [1.54, 1.807) is 11.0 Å². The number of carboxylic acids is 1. The first-order valence-electron chi connectivity index (χ1n) is 9.69. The maximum atomic E-state index is 13.5. The van der Waals surface area contributed by atoms with Crippen molar-refractivity contribution < 1.29 is 29.3 Å². The molecule has 3 rings (SSSR count). The smallest absolute Gasteiger partial charge is 0.310 e. The summed E-state index contributed by atoms with van der Waals surface area (Å²) in [4.78, 5) is 41.3. The number of nitrogens with zero attached hydrogens (tertiary/aromatic N) is 2. The molecule has 3 heterocycles. The molecule has 2 bridgehead atoms. The van der Waals surface area contributed by atoms with Gasteiger partial charge in [-0.25, -0.2) is 0 Å². The highest BCUT2D eigenvalue weighted by molar-refractivity contribution is 9.09. The number of rotatable bonds is 9. The third kappa shape index (κ3) is 3.07. The molecule has 2 N–H and O–H groups in total. The quantitative estimate of drug-likeness (QED) is 0.387. The number of halogens is 1. The Labute approximate surface area is 172 Å². The predicted molar refractivity (Wildman–Crippen MR) is 104 cm³/mol. The Morgan fingerprint density at radius 1 is 1.50 bits per heavy atom. The van der Waals surface area contributed by atoms with Crippen LogP contribution in [0, 0.1) is 11.8 Å². The molecule has 1 spiro atoms. The van der Waals surface area contributed by atoms with Crippen molar-refractivity contribution in [1.29, 1.82) is 0 Å². The van der Waals surface area contributed by atoms with Crippen LogP contribution in [-0.4, -0.2) is 86.6 Å². The molecule has 0 aromatic rings. The zero-order chi connectivity index (χ0) is 20.6. The lowest BCUT2D eigenvalue weighted by Crippen LogP contribution is -2.57. The van der Waals surface area contributed by atoms with Gasteiger partial charge in [-0.3, -0.25) is 14.4 Å². The van der Waals surface area contributed by atoms with E-state index in [0.717, 1.165) is 12.8 Å². The van der Waals surface area contributed by atoms with Gasteiger partial charge < -0.3 is 24.7 Å². The number of unbranched alkanes of at least 4 members (excludes halogenated alkanes) is 1. The number of carbonyl (C=O) groups excluding carboxylic acids is 2. The number of fused-ring (bicyclic) bond motifs is 1. The summed E-state index contributed by atoms with van der Waals surface area (Å²) in [5, 5.41) is 19.2. The van der Waals surface area contributed by atoms with E-state index in [4.69, 9.17) is 4.74 Å². The third-order valence-electron chi connectivity index (χ3n) is 6.09. The summed E-state index contributed by atoms with van der Waals surface area (Å²) in [6, 6.07) is -0.941.